The maximum Gasteiger partial charge on any atom is 0.254 e. The predicted molar refractivity (Wildman–Crippen MR) is 86.1 cm³/mol. The number of carbonyl (C=O) groups excluding carboxylic acids is 1. The smallest absolute Gasteiger partial charge is 0.254 e. The van der Waals surface area contributed by atoms with Crippen LogP contribution in [-0.4, -0.2) is 42.0 Å². The average molecular weight is 323 g/mol. The van der Waals surface area contributed by atoms with E-state index in [9.17, 15) is 4.79 Å². The van der Waals surface area contributed by atoms with Crippen LogP contribution in [0, 0.1) is 0 Å². The molecule has 2 heterocycles. The lowest BCUT2D eigenvalue weighted by Gasteiger charge is -2.34. The van der Waals surface area contributed by atoms with Gasteiger partial charge in [0.1, 0.15) is 0 Å². The second kappa shape index (κ2) is 5.91. The summed E-state index contributed by atoms with van der Waals surface area (Å²) in [5.41, 5.74) is 6.77. The van der Waals surface area contributed by atoms with Crippen molar-refractivity contribution in [3.8, 4) is 0 Å². The molecule has 1 amide bonds. The van der Waals surface area contributed by atoms with Gasteiger partial charge in [0, 0.05) is 43.3 Å². The van der Waals surface area contributed by atoms with E-state index in [4.69, 9.17) is 17.3 Å². The van der Waals surface area contributed by atoms with Crippen LogP contribution >= 0.6 is 22.9 Å². The number of hydrogen-bond donors (Lipinski definition) is 1. The highest BCUT2D eigenvalue weighted by atomic mass is 35.5. The van der Waals surface area contributed by atoms with Crippen molar-refractivity contribution in [3.05, 3.63) is 40.4 Å². The van der Waals surface area contributed by atoms with E-state index in [1.807, 2.05) is 10.3 Å². The third kappa shape index (κ3) is 2.96. The van der Waals surface area contributed by atoms with Gasteiger partial charge < -0.3 is 15.5 Å². The van der Waals surface area contributed by atoms with Crippen molar-refractivity contribution >= 4 is 39.7 Å². The highest BCUT2D eigenvalue weighted by Crippen LogP contribution is 2.22. The van der Waals surface area contributed by atoms with Gasteiger partial charge in [-0.1, -0.05) is 11.6 Å². The van der Waals surface area contributed by atoms with E-state index in [1.165, 1.54) is 0 Å². The standard InChI is InChI=1S/C14H15ClN4OS/c15-11-2-1-10(9-12(11)16)13(20)18-4-6-19(7-5-18)14-17-3-8-21-14/h1-3,8-9H,4-7,16H2. The van der Waals surface area contributed by atoms with Gasteiger partial charge in [0.05, 0.1) is 10.7 Å². The lowest BCUT2D eigenvalue weighted by atomic mass is 10.1. The summed E-state index contributed by atoms with van der Waals surface area (Å²) < 4.78 is 0. The zero-order valence-corrected chi connectivity index (χ0v) is 12.9. The summed E-state index contributed by atoms with van der Waals surface area (Å²) in [4.78, 5) is 20.8. The monoisotopic (exact) mass is 322 g/mol. The molecule has 0 spiro atoms. The number of aromatic nitrogens is 1. The maximum atomic E-state index is 12.5. The van der Waals surface area contributed by atoms with E-state index < -0.39 is 0 Å². The van der Waals surface area contributed by atoms with Crippen molar-refractivity contribution in [3.63, 3.8) is 0 Å². The number of halogens is 1. The van der Waals surface area contributed by atoms with Crippen LogP contribution in [-0.2, 0) is 0 Å². The molecule has 0 atom stereocenters. The van der Waals surface area contributed by atoms with Gasteiger partial charge in [-0.05, 0) is 18.2 Å². The zero-order chi connectivity index (χ0) is 14.8. The summed E-state index contributed by atoms with van der Waals surface area (Å²) in [7, 11) is 0. The molecule has 0 aliphatic carbocycles. The van der Waals surface area contributed by atoms with Gasteiger partial charge in [0.15, 0.2) is 5.13 Å². The molecule has 1 saturated heterocycles. The quantitative estimate of drug-likeness (QED) is 0.862. The number of thiazole rings is 1. The van der Waals surface area contributed by atoms with Gasteiger partial charge in [-0.15, -0.1) is 11.3 Å². The summed E-state index contributed by atoms with van der Waals surface area (Å²) in [5.74, 6) is -0.00263. The van der Waals surface area contributed by atoms with Gasteiger partial charge in [0.2, 0.25) is 0 Å². The van der Waals surface area contributed by atoms with Crippen molar-refractivity contribution in [2.24, 2.45) is 0 Å². The molecule has 0 bridgehead atoms. The van der Waals surface area contributed by atoms with Crippen LogP contribution in [0.4, 0.5) is 10.8 Å². The Morgan fingerprint density at radius 1 is 1.29 bits per heavy atom. The van der Waals surface area contributed by atoms with Crippen molar-refractivity contribution in [1.82, 2.24) is 9.88 Å². The number of anilines is 2. The number of nitrogens with zero attached hydrogens (tertiary/aromatic N) is 3. The summed E-state index contributed by atoms with van der Waals surface area (Å²) >= 11 is 7.50. The highest BCUT2D eigenvalue weighted by molar-refractivity contribution is 7.13. The van der Waals surface area contributed by atoms with Gasteiger partial charge in [0.25, 0.3) is 5.91 Å². The molecule has 1 aliphatic rings. The van der Waals surface area contributed by atoms with E-state index in [-0.39, 0.29) is 5.91 Å². The number of nitrogen functional groups attached to an aromatic ring is 1. The van der Waals surface area contributed by atoms with Crippen LogP contribution in [0.3, 0.4) is 0 Å². The van der Waals surface area contributed by atoms with Gasteiger partial charge in [-0.25, -0.2) is 4.98 Å². The van der Waals surface area contributed by atoms with Crippen LogP contribution in [0.15, 0.2) is 29.8 Å². The van der Waals surface area contributed by atoms with Crippen LogP contribution in [0.1, 0.15) is 10.4 Å². The molecule has 0 saturated carbocycles. The summed E-state index contributed by atoms with van der Waals surface area (Å²) in [6.07, 6.45) is 1.80. The number of carbonyl (C=O) groups is 1. The Bertz CT molecular complexity index is 638. The fraction of sp³-hybridized carbons (Fsp3) is 0.286. The highest BCUT2D eigenvalue weighted by Gasteiger charge is 2.23. The Morgan fingerprint density at radius 2 is 2.05 bits per heavy atom. The average Bonchev–Trinajstić information content (AvgIpc) is 3.04. The first-order chi connectivity index (χ1) is 10.1. The Balaban J connectivity index is 1.66. The number of piperazine rings is 1. The predicted octanol–water partition coefficient (Wildman–Crippen LogP) is 2.34. The minimum atomic E-state index is -0.00263. The molecule has 5 nitrogen and oxygen atoms in total. The molecule has 2 aromatic rings. The first kappa shape index (κ1) is 14.2. The molecule has 1 aliphatic heterocycles. The zero-order valence-electron chi connectivity index (χ0n) is 11.3. The molecule has 3 rings (SSSR count). The summed E-state index contributed by atoms with van der Waals surface area (Å²) in [6.45, 7) is 2.95. The van der Waals surface area contributed by atoms with Crippen LogP contribution in [0.2, 0.25) is 5.02 Å². The lowest BCUT2D eigenvalue weighted by molar-refractivity contribution is 0.0747. The minimum absolute atomic E-state index is 0.00263. The van der Waals surface area contributed by atoms with Gasteiger partial charge in [-0.2, -0.15) is 0 Å². The fourth-order valence-electron chi connectivity index (χ4n) is 2.33. The third-order valence-corrected chi connectivity index (χ3v) is 4.68. The largest absolute Gasteiger partial charge is 0.398 e. The molecule has 110 valence electrons. The third-order valence-electron chi connectivity index (χ3n) is 3.50. The van der Waals surface area contributed by atoms with E-state index in [0.29, 0.717) is 29.4 Å². The first-order valence-electron chi connectivity index (χ1n) is 6.64. The molecule has 1 fully saturated rings. The second-order valence-corrected chi connectivity index (χ2v) is 6.11. The van der Waals surface area contributed by atoms with Crippen LogP contribution < -0.4 is 10.6 Å². The molecule has 7 heteroatoms. The SMILES string of the molecule is Nc1cc(C(=O)N2CCN(c3nccs3)CC2)ccc1Cl. The lowest BCUT2D eigenvalue weighted by Crippen LogP contribution is -2.48. The summed E-state index contributed by atoms with van der Waals surface area (Å²) in [5, 5.41) is 3.45. The molecule has 0 unspecified atom stereocenters. The number of nitrogens with two attached hydrogens (primary N) is 1. The van der Waals surface area contributed by atoms with Crippen molar-refractivity contribution in [1.29, 1.82) is 0 Å². The Kier molecular flexibility index (Phi) is 3.98. The molecular weight excluding hydrogens is 308 g/mol. The first-order valence-corrected chi connectivity index (χ1v) is 7.89. The van der Waals surface area contributed by atoms with E-state index >= 15 is 0 Å². The van der Waals surface area contributed by atoms with Crippen molar-refractivity contribution in [2.75, 3.05) is 36.8 Å². The van der Waals surface area contributed by atoms with Crippen molar-refractivity contribution in [2.45, 2.75) is 0 Å². The van der Waals surface area contributed by atoms with Crippen molar-refractivity contribution < 1.29 is 4.79 Å². The molecule has 1 aromatic carbocycles. The van der Waals surface area contributed by atoms with E-state index in [1.54, 1.807) is 35.7 Å². The number of benzene rings is 1. The summed E-state index contributed by atoms with van der Waals surface area (Å²) in [6, 6.07) is 5.02. The Morgan fingerprint density at radius 3 is 2.67 bits per heavy atom. The van der Waals surface area contributed by atoms with E-state index in [0.717, 1.165) is 18.2 Å². The Labute approximate surface area is 131 Å². The normalized spacial score (nSPS) is 15.3. The van der Waals surface area contributed by atoms with E-state index in [2.05, 4.69) is 9.88 Å². The number of amides is 1. The van der Waals surface area contributed by atoms with Crippen LogP contribution in [0.5, 0.6) is 0 Å². The topological polar surface area (TPSA) is 62.5 Å². The fourth-order valence-corrected chi connectivity index (χ4v) is 3.15. The van der Waals surface area contributed by atoms with Gasteiger partial charge in [-0.3, -0.25) is 4.79 Å². The maximum absolute atomic E-state index is 12.5. The molecule has 2 N–H and O–H groups in total. The minimum Gasteiger partial charge on any atom is -0.398 e. The Hall–Kier alpha value is -1.79. The number of hydrogen-bond acceptors (Lipinski definition) is 5. The second-order valence-electron chi connectivity index (χ2n) is 4.83. The molecular formula is C14H15ClN4OS. The number of rotatable bonds is 2. The van der Waals surface area contributed by atoms with Crippen LogP contribution in [0.25, 0.3) is 0 Å². The van der Waals surface area contributed by atoms with Gasteiger partial charge >= 0.3 is 0 Å². The molecule has 0 radical (unpaired) electrons. The molecule has 1 aromatic heterocycles. The molecule has 21 heavy (non-hydrogen) atoms.